The second-order valence-corrected chi connectivity index (χ2v) is 4.03. The van der Waals surface area contributed by atoms with Gasteiger partial charge in [-0.2, -0.15) is 0 Å². The van der Waals surface area contributed by atoms with Crippen molar-refractivity contribution in [1.82, 2.24) is 0 Å². The van der Waals surface area contributed by atoms with Crippen molar-refractivity contribution in [2.24, 2.45) is 0 Å². The minimum Gasteiger partial charge on any atom is -0.493 e. The molecule has 0 amide bonds. The highest BCUT2D eigenvalue weighted by molar-refractivity contribution is 5.74. The fourth-order valence-corrected chi connectivity index (χ4v) is 1.71. The lowest BCUT2D eigenvalue weighted by Gasteiger charge is -2.11. The first-order chi connectivity index (χ1) is 9.83. The number of carbonyl (C=O) groups is 1. The van der Waals surface area contributed by atoms with Crippen LogP contribution in [-0.2, 0) is 11.4 Å². The van der Waals surface area contributed by atoms with Gasteiger partial charge in [-0.05, 0) is 29.7 Å². The van der Waals surface area contributed by atoms with Crippen LogP contribution in [-0.4, -0.2) is 13.4 Å². The van der Waals surface area contributed by atoms with Gasteiger partial charge >= 0.3 is 0 Å². The summed E-state index contributed by atoms with van der Waals surface area (Å²) in [5, 5.41) is 0. The smallest absolute Gasteiger partial charge is 0.193 e. The van der Waals surface area contributed by atoms with Crippen molar-refractivity contribution in [3.8, 4) is 23.3 Å². The molecule has 2 aromatic rings. The van der Waals surface area contributed by atoms with Crippen molar-refractivity contribution >= 4 is 6.29 Å². The minimum atomic E-state index is 0.469. The van der Waals surface area contributed by atoms with E-state index in [2.05, 4.69) is 11.8 Å². The zero-order valence-electron chi connectivity index (χ0n) is 11.1. The van der Waals surface area contributed by atoms with Crippen LogP contribution in [0.5, 0.6) is 11.5 Å². The van der Waals surface area contributed by atoms with Gasteiger partial charge in [0.15, 0.2) is 17.8 Å². The highest BCUT2D eigenvalue weighted by atomic mass is 16.5. The van der Waals surface area contributed by atoms with E-state index in [1.54, 1.807) is 25.3 Å². The molecule has 0 spiro atoms. The number of methoxy groups -OCH3 is 1. The second kappa shape index (κ2) is 7.01. The third-order valence-electron chi connectivity index (χ3n) is 2.68. The maximum Gasteiger partial charge on any atom is 0.193 e. The van der Waals surface area contributed by atoms with Gasteiger partial charge in [-0.3, -0.25) is 4.79 Å². The fourth-order valence-electron chi connectivity index (χ4n) is 1.71. The number of ether oxygens (including phenoxy) is 2. The molecule has 0 bridgehead atoms. The molecule has 2 rings (SSSR count). The van der Waals surface area contributed by atoms with Crippen LogP contribution in [0, 0.1) is 11.8 Å². The van der Waals surface area contributed by atoms with Gasteiger partial charge < -0.3 is 9.47 Å². The molecule has 0 saturated heterocycles. The summed E-state index contributed by atoms with van der Waals surface area (Å²) < 4.78 is 11.0. The van der Waals surface area contributed by atoms with Gasteiger partial charge in [0.05, 0.1) is 7.11 Å². The summed E-state index contributed by atoms with van der Waals surface area (Å²) in [6, 6.07) is 15.2. The molecule has 0 aromatic heterocycles. The second-order valence-electron chi connectivity index (χ2n) is 4.03. The van der Waals surface area contributed by atoms with Crippen LogP contribution in [0.15, 0.2) is 48.5 Å². The lowest BCUT2D eigenvalue weighted by molar-refractivity contribution is -0.103. The number of hydrogen-bond donors (Lipinski definition) is 0. The van der Waals surface area contributed by atoms with Crippen LogP contribution in [0.1, 0.15) is 11.1 Å². The van der Waals surface area contributed by atoms with E-state index < -0.39 is 0 Å². The number of rotatable bonds is 4. The Balaban J connectivity index is 2.13. The topological polar surface area (TPSA) is 35.5 Å². The quantitative estimate of drug-likeness (QED) is 0.630. The van der Waals surface area contributed by atoms with E-state index in [4.69, 9.17) is 9.47 Å². The largest absolute Gasteiger partial charge is 0.493 e. The molecule has 0 N–H and O–H groups in total. The van der Waals surface area contributed by atoms with E-state index in [1.807, 2.05) is 30.3 Å². The molecule has 0 atom stereocenters. The predicted octanol–water partition coefficient (Wildman–Crippen LogP) is 2.82. The van der Waals surface area contributed by atoms with E-state index in [0.717, 1.165) is 5.56 Å². The van der Waals surface area contributed by atoms with Crippen molar-refractivity contribution in [1.29, 1.82) is 0 Å². The van der Waals surface area contributed by atoms with Crippen LogP contribution in [0.2, 0.25) is 0 Å². The molecule has 0 heterocycles. The average Bonchev–Trinajstić information content (AvgIpc) is 2.52. The lowest BCUT2D eigenvalue weighted by Crippen LogP contribution is -1.97. The Kier molecular flexibility index (Phi) is 4.80. The molecule has 0 unspecified atom stereocenters. The summed E-state index contributed by atoms with van der Waals surface area (Å²) in [7, 11) is 1.57. The summed E-state index contributed by atoms with van der Waals surface area (Å²) in [6.07, 6.45) is 0.562. The Labute approximate surface area is 118 Å². The first kappa shape index (κ1) is 13.7. The van der Waals surface area contributed by atoms with Gasteiger partial charge in [0.2, 0.25) is 0 Å². The van der Waals surface area contributed by atoms with E-state index in [9.17, 15) is 4.79 Å². The van der Waals surface area contributed by atoms with Gasteiger partial charge in [0.1, 0.15) is 6.61 Å². The number of carbonyl (C=O) groups excluding carboxylic acids is 1. The van der Waals surface area contributed by atoms with Crippen molar-refractivity contribution in [2.75, 3.05) is 7.11 Å². The molecule has 0 aliphatic heterocycles. The Bertz CT molecular complexity index is 636. The molecule has 2 aromatic carbocycles. The van der Waals surface area contributed by atoms with E-state index >= 15 is 0 Å². The normalized spacial score (nSPS) is 9.25. The maximum absolute atomic E-state index is 10.2. The van der Waals surface area contributed by atoms with Gasteiger partial charge in [-0.25, -0.2) is 0 Å². The SMILES string of the molecule is COc1cc(C#CC=O)ccc1OCc1ccccc1. The Morgan fingerprint density at radius 3 is 2.60 bits per heavy atom. The average molecular weight is 266 g/mol. The summed E-state index contributed by atoms with van der Waals surface area (Å²) >= 11 is 0. The number of benzene rings is 2. The summed E-state index contributed by atoms with van der Waals surface area (Å²) in [6.45, 7) is 0.469. The minimum absolute atomic E-state index is 0.469. The molecular formula is C17H14O3. The zero-order chi connectivity index (χ0) is 14.2. The molecule has 0 aliphatic rings. The van der Waals surface area contributed by atoms with Gasteiger partial charge in [0, 0.05) is 5.56 Å². The van der Waals surface area contributed by atoms with Crippen LogP contribution >= 0.6 is 0 Å². The molecule has 3 nitrogen and oxygen atoms in total. The standard InChI is InChI=1S/C17H14O3/c1-19-17-12-14(8-5-11-18)9-10-16(17)20-13-15-6-3-2-4-7-15/h2-4,6-7,9-12H,13H2,1H3. The molecule has 0 fully saturated rings. The monoisotopic (exact) mass is 266 g/mol. The zero-order valence-corrected chi connectivity index (χ0v) is 11.1. The van der Waals surface area contributed by atoms with E-state index in [1.165, 1.54) is 0 Å². The Morgan fingerprint density at radius 2 is 1.90 bits per heavy atom. The van der Waals surface area contributed by atoms with Gasteiger partial charge in [-0.1, -0.05) is 36.3 Å². The van der Waals surface area contributed by atoms with Crippen LogP contribution in [0.4, 0.5) is 0 Å². The van der Waals surface area contributed by atoms with Crippen molar-refractivity contribution in [3.05, 3.63) is 59.7 Å². The molecule has 0 aliphatic carbocycles. The molecule has 20 heavy (non-hydrogen) atoms. The first-order valence-electron chi connectivity index (χ1n) is 6.13. The molecule has 3 heteroatoms. The highest BCUT2D eigenvalue weighted by Crippen LogP contribution is 2.28. The van der Waals surface area contributed by atoms with E-state index in [0.29, 0.717) is 30.0 Å². The maximum atomic E-state index is 10.2. The van der Waals surface area contributed by atoms with Crippen LogP contribution < -0.4 is 9.47 Å². The van der Waals surface area contributed by atoms with Crippen molar-refractivity contribution in [2.45, 2.75) is 6.61 Å². The number of hydrogen-bond acceptors (Lipinski definition) is 3. The molecule has 100 valence electrons. The third kappa shape index (κ3) is 3.63. The van der Waals surface area contributed by atoms with Crippen LogP contribution in [0.25, 0.3) is 0 Å². The van der Waals surface area contributed by atoms with E-state index in [-0.39, 0.29) is 0 Å². The van der Waals surface area contributed by atoms with Gasteiger partial charge in [-0.15, -0.1) is 0 Å². The predicted molar refractivity (Wildman–Crippen MR) is 76.7 cm³/mol. The lowest BCUT2D eigenvalue weighted by atomic mass is 10.2. The summed E-state index contributed by atoms with van der Waals surface area (Å²) in [5.74, 6) is 6.32. The summed E-state index contributed by atoms with van der Waals surface area (Å²) in [4.78, 5) is 10.2. The highest BCUT2D eigenvalue weighted by Gasteiger charge is 2.05. The van der Waals surface area contributed by atoms with Crippen molar-refractivity contribution < 1.29 is 14.3 Å². The van der Waals surface area contributed by atoms with Crippen molar-refractivity contribution in [3.63, 3.8) is 0 Å². The fraction of sp³-hybridized carbons (Fsp3) is 0.118. The van der Waals surface area contributed by atoms with Gasteiger partial charge in [0.25, 0.3) is 0 Å². The molecular weight excluding hydrogens is 252 g/mol. The summed E-state index contributed by atoms with van der Waals surface area (Å²) in [5.41, 5.74) is 1.79. The number of aldehydes is 1. The third-order valence-corrected chi connectivity index (χ3v) is 2.68. The van der Waals surface area contributed by atoms with Crippen LogP contribution in [0.3, 0.4) is 0 Å². The Morgan fingerprint density at radius 1 is 1.10 bits per heavy atom. The Hall–Kier alpha value is -2.73. The molecule has 0 radical (unpaired) electrons. The first-order valence-corrected chi connectivity index (χ1v) is 6.13. The molecule has 0 saturated carbocycles.